The SMILES string of the molecule is O=C(CNC(=O)c1cc(-c2ccccc2)on1)NNC(=O)c1cc(Br)c[nH]1. The average molecular weight is 432 g/mol. The maximum atomic E-state index is 12.0. The second-order valence-corrected chi connectivity index (χ2v) is 6.27. The Balaban J connectivity index is 1.47. The van der Waals surface area contributed by atoms with Gasteiger partial charge in [0.15, 0.2) is 11.5 Å². The fraction of sp³-hybridized carbons (Fsp3) is 0.0588. The van der Waals surface area contributed by atoms with Gasteiger partial charge in [-0.05, 0) is 22.0 Å². The van der Waals surface area contributed by atoms with Gasteiger partial charge in [-0.2, -0.15) is 0 Å². The third kappa shape index (κ3) is 4.82. The van der Waals surface area contributed by atoms with Crippen LogP contribution in [-0.2, 0) is 4.79 Å². The molecule has 4 N–H and O–H groups in total. The maximum Gasteiger partial charge on any atom is 0.286 e. The van der Waals surface area contributed by atoms with E-state index in [1.54, 1.807) is 12.3 Å². The molecule has 0 unspecified atom stereocenters. The largest absolute Gasteiger partial charge is 0.356 e. The van der Waals surface area contributed by atoms with Crippen molar-refractivity contribution in [3.05, 3.63) is 64.5 Å². The first-order valence-corrected chi connectivity index (χ1v) is 8.55. The van der Waals surface area contributed by atoms with E-state index in [0.29, 0.717) is 10.2 Å². The number of carbonyl (C=O) groups is 3. The molecule has 27 heavy (non-hydrogen) atoms. The van der Waals surface area contributed by atoms with Crippen LogP contribution in [0, 0.1) is 0 Å². The Morgan fingerprint density at radius 2 is 1.85 bits per heavy atom. The zero-order chi connectivity index (χ0) is 19.2. The van der Waals surface area contributed by atoms with Gasteiger partial charge >= 0.3 is 0 Å². The standard InChI is InChI=1S/C17H14BrN5O4/c18-11-6-12(19-8-11)17(26)22-21-15(24)9-20-16(25)13-7-14(27-23-13)10-4-2-1-3-5-10/h1-8,19H,9H2,(H,20,25)(H,21,24)(H,22,26). The van der Waals surface area contributed by atoms with Gasteiger partial charge < -0.3 is 14.8 Å². The van der Waals surface area contributed by atoms with Crippen molar-refractivity contribution in [1.29, 1.82) is 0 Å². The topological polar surface area (TPSA) is 129 Å². The van der Waals surface area contributed by atoms with E-state index < -0.39 is 17.7 Å². The number of benzene rings is 1. The minimum atomic E-state index is -0.603. The highest BCUT2D eigenvalue weighted by atomic mass is 79.9. The molecular formula is C17H14BrN5O4. The fourth-order valence-corrected chi connectivity index (χ4v) is 2.45. The van der Waals surface area contributed by atoms with Gasteiger partial charge in [0.05, 0.1) is 6.54 Å². The van der Waals surface area contributed by atoms with E-state index in [2.05, 4.69) is 42.2 Å². The first kappa shape index (κ1) is 18.4. The maximum absolute atomic E-state index is 12.0. The molecule has 0 radical (unpaired) electrons. The molecule has 0 aliphatic carbocycles. The van der Waals surface area contributed by atoms with Crippen LogP contribution in [0.4, 0.5) is 0 Å². The molecule has 3 aromatic rings. The number of rotatable bonds is 5. The van der Waals surface area contributed by atoms with Gasteiger partial charge in [-0.15, -0.1) is 0 Å². The third-order valence-corrected chi connectivity index (χ3v) is 3.88. The van der Waals surface area contributed by atoms with Crippen LogP contribution in [0.15, 0.2) is 57.7 Å². The Morgan fingerprint density at radius 1 is 1.07 bits per heavy atom. The molecule has 1 aromatic carbocycles. The second kappa shape index (κ2) is 8.32. The molecule has 2 heterocycles. The lowest BCUT2D eigenvalue weighted by molar-refractivity contribution is -0.120. The summed E-state index contributed by atoms with van der Waals surface area (Å²) < 4.78 is 5.84. The van der Waals surface area contributed by atoms with Crippen molar-refractivity contribution in [2.24, 2.45) is 0 Å². The van der Waals surface area contributed by atoms with Gasteiger partial charge in [-0.25, -0.2) is 0 Å². The average Bonchev–Trinajstić information content (AvgIpc) is 3.34. The van der Waals surface area contributed by atoms with E-state index in [9.17, 15) is 14.4 Å². The number of aromatic amines is 1. The lowest BCUT2D eigenvalue weighted by Gasteiger charge is -2.06. The summed E-state index contributed by atoms with van der Waals surface area (Å²) >= 11 is 3.20. The van der Waals surface area contributed by atoms with Crippen LogP contribution in [0.2, 0.25) is 0 Å². The smallest absolute Gasteiger partial charge is 0.286 e. The number of hydrogen-bond acceptors (Lipinski definition) is 5. The Morgan fingerprint density at radius 3 is 2.56 bits per heavy atom. The van der Waals surface area contributed by atoms with Crippen LogP contribution in [-0.4, -0.2) is 34.4 Å². The lowest BCUT2D eigenvalue weighted by Crippen LogP contribution is -2.46. The number of hydrogen-bond donors (Lipinski definition) is 4. The van der Waals surface area contributed by atoms with E-state index in [0.717, 1.165) is 5.56 Å². The lowest BCUT2D eigenvalue weighted by atomic mass is 10.1. The molecule has 0 atom stereocenters. The van der Waals surface area contributed by atoms with Gasteiger partial charge in [0.1, 0.15) is 5.69 Å². The molecule has 9 nitrogen and oxygen atoms in total. The summed E-state index contributed by atoms with van der Waals surface area (Å²) in [5.74, 6) is -1.26. The van der Waals surface area contributed by atoms with Crippen LogP contribution < -0.4 is 16.2 Å². The van der Waals surface area contributed by atoms with Gasteiger partial charge in [0, 0.05) is 22.3 Å². The normalized spacial score (nSPS) is 10.3. The highest BCUT2D eigenvalue weighted by Crippen LogP contribution is 2.19. The van der Waals surface area contributed by atoms with Crippen LogP contribution in [0.3, 0.4) is 0 Å². The minimum absolute atomic E-state index is 0.0434. The van der Waals surface area contributed by atoms with Crippen molar-refractivity contribution >= 4 is 33.7 Å². The minimum Gasteiger partial charge on any atom is -0.356 e. The highest BCUT2D eigenvalue weighted by molar-refractivity contribution is 9.10. The Hall–Kier alpha value is -3.40. The monoisotopic (exact) mass is 431 g/mol. The molecule has 3 rings (SSSR count). The van der Waals surface area contributed by atoms with Crippen LogP contribution in [0.5, 0.6) is 0 Å². The van der Waals surface area contributed by atoms with Crippen molar-refractivity contribution in [3.63, 3.8) is 0 Å². The van der Waals surface area contributed by atoms with Crippen LogP contribution in [0.1, 0.15) is 21.0 Å². The molecule has 10 heteroatoms. The summed E-state index contributed by atoms with van der Waals surface area (Å²) in [6.45, 7) is -0.346. The number of hydrazine groups is 1. The molecule has 0 bridgehead atoms. The van der Waals surface area contributed by atoms with Crippen LogP contribution in [0.25, 0.3) is 11.3 Å². The number of nitrogens with one attached hydrogen (secondary N) is 4. The summed E-state index contributed by atoms with van der Waals surface area (Å²) in [5.41, 5.74) is 5.51. The number of H-pyrrole nitrogens is 1. The van der Waals surface area contributed by atoms with Crippen LogP contribution >= 0.6 is 15.9 Å². The van der Waals surface area contributed by atoms with Gasteiger partial charge in [0.25, 0.3) is 17.7 Å². The predicted molar refractivity (Wildman–Crippen MR) is 98.4 cm³/mol. The number of halogens is 1. The van der Waals surface area contributed by atoms with Crippen molar-refractivity contribution in [2.45, 2.75) is 0 Å². The van der Waals surface area contributed by atoms with Crippen molar-refractivity contribution in [3.8, 4) is 11.3 Å². The number of carbonyl (C=O) groups excluding carboxylic acids is 3. The van der Waals surface area contributed by atoms with Gasteiger partial charge in [-0.3, -0.25) is 25.2 Å². The zero-order valence-electron chi connectivity index (χ0n) is 13.8. The van der Waals surface area contributed by atoms with Gasteiger partial charge in [0.2, 0.25) is 0 Å². The molecule has 0 saturated heterocycles. The summed E-state index contributed by atoms with van der Waals surface area (Å²) in [4.78, 5) is 38.3. The summed E-state index contributed by atoms with van der Waals surface area (Å²) in [6, 6.07) is 12.2. The summed E-state index contributed by atoms with van der Waals surface area (Å²) in [7, 11) is 0. The molecule has 0 fully saturated rings. The Bertz CT molecular complexity index is 967. The number of aromatic nitrogens is 2. The Kier molecular flexibility index (Phi) is 5.67. The summed E-state index contributed by atoms with van der Waals surface area (Å²) in [6.07, 6.45) is 1.58. The molecule has 2 aromatic heterocycles. The first-order chi connectivity index (χ1) is 13.0. The fourth-order valence-electron chi connectivity index (χ4n) is 2.11. The van der Waals surface area contributed by atoms with Gasteiger partial charge in [-0.1, -0.05) is 35.5 Å². The predicted octanol–water partition coefficient (Wildman–Crippen LogP) is 1.62. The third-order valence-electron chi connectivity index (χ3n) is 3.42. The molecule has 0 aliphatic heterocycles. The number of nitrogens with zero attached hydrogens (tertiary/aromatic N) is 1. The Labute approximate surface area is 161 Å². The zero-order valence-corrected chi connectivity index (χ0v) is 15.4. The molecule has 0 saturated carbocycles. The van der Waals surface area contributed by atoms with E-state index in [-0.39, 0.29) is 17.9 Å². The highest BCUT2D eigenvalue weighted by Gasteiger charge is 2.15. The van der Waals surface area contributed by atoms with Crippen molar-refractivity contribution < 1.29 is 18.9 Å². The van der Waals surface area contributed by atoms with Crippen molar-refractivity contribution in [1.82, 2.24) is 26.3 Å². The molecular weight excluding hydrogens is 418 g/mol. The quantitative estimate of drug-likeness (QED) is 0.456. The van der Waals surface area contributed by atoms with E-state index in [1.807, 2.05) is 30.3 Å². The second-order valence-electron chi connectivity index (χ2n) is 5.36. The van der Waals surface area contributed by atoms with E-state index >= 15 is 0 Å². The number of amides is 3. The van der Waals surface area contributed by atoms with E-state index in [1.165, 1.54) is 6.07 Å². The van der Waals surface area contributed by atoms with Crippen molar-refractivity contribution in [2.75, 3.05) is 6.54 Å². The molecule has 138 valence electrons. The molecule has 0 spiro atoms. The van der Waals surface area contributed by atoms with E-state index in [4.69, 9.17) is 4.52 Å². The molecule has 3 amide bonds. The summed E-state index contributed by atoms with van der Waals surface area (Å²) in [5, 5.41) is 6.08. The molecule has 0 aliphatic rings. The first-order valence-electron chi connectivity index (χ1n) is 7.76.